The van der Waals surface area contributed by atoms with Crippen molar-refractivity contribution in [2.24, 2.45) is 0 Å². The average Bonchev–Trinajstić information content (AvgIpc) is 3.12. The predicted molar refractivity (Wildman–Crippen MR) is 81.4 cm³/mol. The molecule has 0 N–H and O–H groups in total. The lowest BCUT2D eigenvalue weighted by atomic mass is 10.1. The standard InChI is InChI=1S/C16H10N2O3S/c17-9-11-4-1-2-5-12(11)10-18-15(19)14(22-16(18)20)8-13-6-3-7-21-13/h1-8H,10H2/b14-8+. The Balaban J connectivity index is 1.85. The van der Waals surface area contributed by atoms with E-state index in [0.717, 1.165) is 16.7 Å². The van der Waals surface area contributed by atoms with Gasteiger partial charge in [0.25, 0.3) is 11.1 Å². The lowest BCUT2D eigenvalue weighted by Crippen LogP contribution is -2.27. The van der Waals surface area contributed by atoms with E-state index in [1.54, 1.807) is 42.5 Å². The third-order valence-corrected chi connectivity index (χ3v) is 4.06. The third-order valence-electron chi connectivity index (χ3n) is 3.16. The normalized spacial score (nSPS) is 16.3. The summed E-state index contributed by atoms with van der Waals surface area (Å²) >= 11 is 0.868. The molecule has 0 radical (unpaired) electrons. The number of thioether (sulfide) groups is 1. The van der Waals surface area contributed by atoms with Crippen molar-refractivity contribution in [1.82, 2.24) is 4.90 Å². The van der Waals surface area contributed by atoms with Gasteiger partial charge in [0.15, 0.2) is 0 Å². The Hall–Kier alpha value is -2.78. The fourth-order valence-electron chi connectivity index (χ4n) is 2.08. The van der Waals surface area contributed by atoms with Crippen LogP contribution in [0.15, 0.2) is 52.0 Å². The van der Waals surface area contributed by atoms with Crippen molar-refractivity contribution in [2.75, 3.05) is 0 Å². The summed E-state index contributed by atoms with van der Waals surface area (Å²) in [5.41, 5.74) is 1.10. The van der Waals surface area contributed by atoms with Crippen LogP contribution in [0.25, 0.3) is 6.08 Å². The molecule has 1 fully saturated rings. The van der Waals surface area contributed by atoms with Crippen LogP contribution in [-0.4, -0.2) is 16.0 Å². The number of carbonyl (C=O) groups excluding carboxylic acids is 2. The molecule has 2 aromatic rings. The van der Waals surface area contributed by atoms with Gasteiger partial charge in [-0.25, -0.2) is 0 Å². The number of furan rings is 1. The zero-order valence-electron chi connectivity index (χ0n) is 11.4. The van der Waals surface area contributed by atoms with Gasteiger partial charge in [0.1, 0.15) is 5.76 Å². The lowest BCUT2D eigenvalue weighted by molar-refractivity contribution is -0.123. The van der Waals surface area contributed by atoms with E-state index in [1.807, 2.05) is 0 Å². The van der Waals surface area contributed by atoms with Crippen LogP contribution in [0, 0.1) is 11.3 Å². The maximum absolute atomic E-state index is 12.3. The fraction of sp³-hybridized carbons (Fsp3) is 0.0625. The Morgan fingerprint density at radius 2 is 2.05 bits per heavy atom. The molecule has 3 rings (SSSR count). The van der Waals surface area contributed by atoms with Crippen molar-refractivity contribution >= 4 is 29.0 Å². The molecule has 0 bridgehead atoms. The summed E-state index contributed by atoms with van der Waals surface area (Å²) < 4.78 is 5.15. The molecule has 0 saturated carbocycles. The molecule has 0 atom stereocenters. The summed E-state index contributed by atoms with van der Waals surface area (Å²) in [6.07, 6.45) is 3.04. The molecule has 1 aromatic heterocycles. The molecule has 0 aliphatic carbocycles. The van der Waals surface area contributed by atoms with Gasteiger partial charge in [-0.05, 0) is 35.5 Å². The highest BCUT2D eigenvalue weighted by Gasteiger charge is 2.35. The molecule has 6 heteroatoms. The molecule has 108 valence electrons. The minimum atomic E-state index is -0.376. The summed E-state index contributed by atoms with van der Waals surface area (Å²) in [6, 6.07) is 12.4. The SMILES string of the molecule is N#Cc1ccccc1CN1C(=O)S/C(=C/c2ccco2)C1=O. The highest BCUT2D eigenvalue weighted by atomic mass is 32.2. The molecule has 0 unspecified atom stereocenters. The van der Waals surface area contributed by atoms with Gasteiger partial charge in [-0.15, -0.1) is 0 Å². The quantitative estimate of drug-likeness (QED) is 0.812. The molecule has 22 heavy (non-hydrogen) atoms. The van der Waals surface area contributed by atoms with Crippen molar-refractivity contribution in [3.8, 4) is 6.07 Å². The van der Waals surface area contributed by atoms with Crippen molar-refractivity contribution < 1.29 is 14.0 Å². The van der Waals surface area contributed by atoms with Crippen LogP contribution in [-0.2, 0) is 11.3 Å². The first-order chi connectivity index (χ1) is 10.7. The van der Waals surface area contributed by atoms with E-state index in [2.05, 4.69) is 6.07 Å². The molecule has 2 heterocycles. The molecular formula is C16H10N2O3S. The predicted octanol–water partition coefficient (Wildman–Crippen LogP) is 3.39. The Morgan fingerprint density at radius 1 is 1.23 bits per heavy atom. The second kappa shape index (κ2) is 5.92. The zero-order valence-corrected chi connectivity index (χ0v) is 12.2. The number of nitriles is 1. The van der Waals surface area contributed by atoms with E-state index in [9.17, 15) is 9.59 Å². The van der Waals surface area contributed by atoms with Gasteiger partial charge in [0.2, 0.25) is 0 Å². The molecule has 1 aliphatic rings. The highest BCUT2D eigenvalue weighted by Crippen LogP contribution is 2.33. The first-order valence-corrected chi connectivity index (χ1v) is 7.27. The number of hydrogen-bond acceptors (Lipinski definition) is 5. The second-order valence-corrected chi connectivity index (χ2v) is 5.55. The first-order valence-electron chi connectivity index (χ1n) is 6.46. The van der Waals surface area contributed by atoms with Crippen molar-refractivity contribution in [2.45, 2.75) is 6.54 Å². The topological polar surface area (TPSA) is 74.3 Å². The molecule has 0 spiro atoms. The number of nitrogens with zero attached hydrogens (tertiary/aromatic N) is 2. The zero-order chi connectivity index (χ0) is 15.5. The van der Waals surface area contributed by atoms with E-state index in [1.165, 1.54) is 6.26 Å². The highest BCUT2D eigenvalue weighted by molar-refractivity contribution is 8.18. The Labute approximate surface area is 130 Å². The molecule has 2 amide bonds. The van der Waals surface area contributed by atoms with Crippen LogP contribution in [0.3, 0.4) is 0 Å². The third kappa shape index (κ3) is 2.67. The van der Waals surface area contributed by atoms with Crippen molar-refractivity contribution in [3.63, 3.8) is 0 Å². The van der Waals surface area contributed by atoms with Gasteiger partial charge < -0.3 is 4.42 Å². The second-order valence-electron chi connectivity index (χ2n) is 4.55. The smallest absolute Gasteiger partial charge is 0.293 e. The van der Waals surface area contributed by atoms with E-state index in [4.69, 9.17) is 9.68 Å². The van der Waals surface area contributed by atoms with Crippen LogP contribution in [0.5, 0.6) is 0 Å². The largest absolute Gasteiger partial charge is 0.465 e. The van der Waals surface area contributed by atoms with Crippen molar-refractivity contribution in [1.29, 1.82) is 5.26 Å². The molecule has 1 aliphatic heterocycles. The summed E-state index contributed by atoms with van der Waals surface area (Å²) in [4.78, 5) is 25.8. The maximum Gasteiger partial charge on any atom is 0.293 e. The van der Waals surface area contributed by atoms with Crippen LogP contribution in [0.2, 0.25) is 0 Å². The Bertz CT molecular complexity index is 803. The number of carbonyl (C=O) groups is 2. The summed E-state index contributed by atoms with van der Waals surface area (Å²) in [6.45, 7) is 0.0872. The summed E-state index contributed by atoms with van der Waals surface area (Å²) in [5.74, 6) is 0.141. The average molecular weight is 310 g/mol. The number of amides is 2. The van der Waals surface area contributed by atoms with Crippen LogP contribution in [0.1, 0.15) is 16.9 Å². The van der Waals surface area contributed by atoms with Crippen LogP contribution < -0.4 is 0 Å². The van der Waals surface area contributed by atoms with Gasteiger partial charge in [0.05, 0.1) is 29.3 Å². The lowest BCUT2D eigenvalue weighted by Gasteiger charge is -2.13. The summed E-state index contributed by atoms with van der Waals surface area (Å²) in [7, 11) is 0. The van der Waals surface area contributed by atoms with Gasteiger partial charge in [0, 0.05) is 6.08 Å². The minimum Gasteiger partial charge on any atom is -0.465 e. The van der Waals surface area contributed by atoms with Gasteiger partial charge in [-0.2, -0.15) is 5.26 Å². The summed E-state index contributed by atoms with van der Waals surface area (Å²) in [5, 5.41) is 8.73. The molecule has 1 saturated heterocycles. The monoisotopic (exact) mass is 310 g/mol. The fourth-order valence-corrected chi connectivity index (χ4v) is 2.89. The van der Waals surface area contributed by atoms with Crippen LogP contribution in [0.4, 0.5) is 4.79 Å². The van der Waals surface area contributed by atoms with E-state index >= 15 is 0 Å². The molecular weight excluding hydrogens is 300 g/mol. The maximum atomic E-state index is 12.3. The van der Waals surface area contributed by atoms with Gasteiger partial charge >= 0.3 is 0 Å². The van der Waals surface area contributed by atoms with Gasteiger partial charge in [-0.3, -0.25) is 14.5 Å². The Kier molecular flexibility index (Phi) is 3.81. The number of hydrogen-bond donors (Lipinski definition) is 0. The van der Waals surface area contributed by atoms with E-state index < -0.39 is 0 Å². The Morgan fingerprint density at radius 3 is 2.77 bits per heavy atom. The molecule has 5 nitrogen and oxygen atoms in total. The number of imide groups is 1. The minimum absolute atomic E-state index is 0.0872. The van der Waals surface area contributed by atoms with Gasteiger partial charge in [-0.1, -0.05) is 18.2 Å². The number of benzene rings is 1. The van der Waals surface area contributed by atoms with Crippen molar-refractivity contribution in [3.05, 3.63) is 64.5 Å². The number of rotatable bonds is 3. The van der Waals surface area contributed by atoms with E-state index in [-0.39, 0.29) is 17.7 Å². The molecule has 1 aromatic carbocycles. The van der Waals surface area contributed by atoms with Crippen LogP contribution >= 0.6 is 11.8 Å². The van der Waals surface area contributed by atoms with E-state index in [0.29, 0.717) is 21.8 Å². The first kappa shape index (κ1) is 14.2.